The van der Waals surface area contributed by atoms with Crippen LogP contribution in [0, 0.1) is 12.8 Å². The van der Waals surface area contributed by atoms with Crippen LogP contribution in [0.1, 0.15) is 49.7 Å². The summed E-state index contributed by atoms with van der Waals surface area (Å²) >= 11 is 0. The summed E-state index contributed by atoms with van der Waals surface area (Å²) in [4.78, 5) is 37.7. The number of nitrogens with one attached hydrogen (secondary N) is 2. The van der Waals surface area contributed by atoms with Crippen LogP contribution in [0.2, 0.25) is 0 Å². The Balaban J connectivity index is 1.67. The maximum Gasteiger partial charge on any atom is 0.407 e. The van der Waals surface area contributed by atoms with E-state index >= 15 is 0 Å². The van der Waals surface area contributed by atoms with Gasteiger partial charge in [0.25, 0.3) is 5.91 Å². The number of aryl methyl sites for hydroxylation is 1. The number of carbonyl (C=O) groups is 3. The molecule has 1 aromatic heterocycles. The summed E-state index contributed by atoms with van der Waals surface area (Å²) in [6.45, 7) is 8.89. The van der Waals surface area contributed by atoms with E-state index < -0.39 is 11.7 Å². The smallest absolute Gasteiger partial charge is 0.407 e. The molecule has 3 amide bonds. The van der Waals surface area contributed by atoms with E-state index in [-0.39, 0.29) is 18.4 Å². The number of furan rings is 1. The fourth-order valence-electron chi connectivity index (χ4n) is 2.91. The zero-order valence-electron chi connectivity index (χ0n) is 16.5. The Kier molecular flexibility index (Phi) is 6.87. The predicted octanol–water partition coefficient (Wildman–Crippen LogP) is 2.08. The lowest BCUT2D eigenvalue weighted by Gasteiger charge is -2.32. The van der Waals surface area contributed by atoms with Crippen LogP contribution in [0.3, 0.4) is 0 Å². The molecule has 8 heteroatoms. The molecule has 2 N–H and O–H groups in total. The number of piperidine rings is 1. The van der Waals surface area contributed by atoms with Gasteiger partial charge in [-0.3, -0.25) is 9.59 Å². The largest absolute Gasteiger partial charge is 0.469 e. The number of hydrogen-bond acceptors (Lipinski definition) is 5. The number of carbonyl (C=O) groups excluding carboxylic acids is 3. The quantitative estimate of drug-likeness (QED) is 0.816. The van der Waals surface area contributed by atoms with Crippen molar-refractivity contribution in [2.75, 3.05) is 26.2 Å². The molecule has 0 bridgehead atoms. The van der Waals surface area contributed by atoms with E-state index in [0.29, 0.717) is 36.9 Å². The summed E-state index contributed by atoms with van der Waals surface area (Å²) in [6, 6.07) is 1.58. The number of alkyl carbamates (subject to hydrolysis) is 1. The van der Waals surface area contributed by atoms with Crippen molar-refractivity contribution in [3.05, 3.63) is 23.7 Å². The first-order chi connectivity index (χ1) is 12.7. The molecule has 0 aliphatic carbocycles. The Morgan fingerprint density at radius 3 is 2.44 bits per heavy atom. The number of nitrogens with zero attached hydrogens (tertiary/aromatic N) is 1. The Bertz CT molecular complexity index is 669. The average molecular weight is 379 g/mol. The Morgan fingerprint density at radius 1 is 1.22 bits per heavy atom. The van der Waals surface area contributed by atoms with Crippen LogP contribution in [0.5, 0.6) is 0 Å². The number of ether oxygens (including phenoxy) is 1. The molecule has 1 saturated heterocycles. The monoisotopic (exact) mass is 379 g/mol. The van der Waals surface area contributed by atoms with Crippen LogP contribution in [0.25, 0.3) is 0 Å². The van der Waals surface area contributed by atoms with Gasteiger partial charge in [0.2, 0.25) is 5.91 Å². The number of rotatable bonds is 5. The second-order valence-corrected chi connectivity index (χ2v) is 7.78. The van der Waals surface area contributed by atoms with Gasteiger partial charge in [0.1, 0.15) is 11.4 Å². The second-order valence-electron chi connectivity index (χ2n) is 7.78. The minimum atomic E-state index is -0.515. The third-order valence-corrected chi connectivity index (χ3v) is 4.40. The molecule has 0 aromatic carbocycles. The fraction of sp³-hybridized carbons (Fsp3) is 0.632. The van der Waals surface area contributed by atoms with E-state index in [1.807, 2.05) is 20.8 Å². The second kappa shape index (κ2) is 8.92. The van der Waals surface area contributed by atoms with E-state index in [0.717, 1.165) is 12.8 Å². The Labute approximate surface area is 159 Å². The van der Waals surface area contributed by atoms with Crippen molar-refractivity contribution in [1.82, 2.24) is 15.5 Å². The molecule has 2 rings (SSSR count). The zero-order valence-corrected chi connectivity index (χ0v) is 16.5. The highest BCUT2D eigenvalue weighted by Crippen LogP contribution is 2.17. The number of hydrogen-bond donors (Lipinski definition) is 2. The molecule has 0 saturated carbocycles. The predicted molar refractivity (Wildman–Crippen MR) is 99.3 cm³/mol. The van der Waals surface area contributed by atoms with Crippen LogP contribution in [-0.4, -0.2) is 54.6 Å². The molecule has 0 spiro atoms. The topological polar surface area (TPSA) is 101 Å². The van der Waals surface area contributed by atoms with Gasteiger partial charge in [-0.2, -0.15) is 0 Å². The van der Waals surface area contributed by atoms with Crippen LogP contribution in [0.15, 0.2) is 16.7 Å². The lowest BCUT2D eigenvalue weighted by molar-refractivity contribution is -0.131. The lowest BCUT2D eigenvalue weighted by atomic mass is 9.97. The van der Waals surface area contributed by atoms with Gasteiger partial charge >= 0.3 is 6.09 Å². The van der Waals surface area contributed by atoms with Gasteiger partial charge in [-0.1, -0.05) is 0 Å². The zero-order chi connectivity index (χ0) is 20.0. The number of amides is 3. The minimum absolute atomic E-state index is 0.0374. The maximum absolute atomic E-state index is 12.3. The summed E-state index contributed by atoms with van der Waals surface area (Å²) in [5.41, 5.74) is -0.0750. The normalized spacial score (nSPS) is 15.3. The molecule has 1 fully saturated rings. The molecule has 1 aromatic rings. The first kappa shape index (κ1) is 20.8. The van der Waals surface area contributed by atoms with Gasteiger partial charge in [0.15, 0.2) is 0 Å². The van der Waals surface area contributed by atoms with E-state index in [9.17, 15) is 14.4 Å². The van der Waals surface area contributed by atoms with Crippen molar-refractivity contribution >= 4 is 17.9 Å². The van der Waals surface area contributed by atoms with Crippen molar-refractivity contribution in [2.24, 2.45) is 5.92 Å². The highest BCUT2D eigenvalue weighted by molar-refractivity contribution is 5.97. The number of likely N-dealkylation sites (tertiary alicyclic amines) is 1. The molecule has 0 radical (unpaired) electrons. The molecule has 0 atom stereocenters. The molecule has 0 unspecified atom stereocenters. The fourth-order valence-corrected chi connectivity index (χ4v) is 2.91. The van der Waals surface area contributed by atoms with Gasteiger partial charge in [-0.25, -0.2) is 4.79 Å². The molecule has 2 heterocycles. The molecular weight excluding hydrogens is 350 g/mol. The SMILES string of the molecule is Cc1occc1C(=O)NCC(=O)N1CCC(CNC(=O)OC(C)(C)C)CC1. The van der Waals surface area contributed by atoms with Crippen LogP contribution < -0.4 is 10.6 Å². The van der Waals surface area contributed by atoms with E-state index in [4.69, 9.17) is 9.15 Å². The first-order valence-corrected chi connectivity index (χ1v) is 9.22. The van der Waals surface area contributed by atoms with E-state index in [1.165, 1.54) is 6.26 Å². The highest BCUT2D eigenvalue weighted by atomic mass is 16.6. The molecule has 150 valence electrons. The van der Waals surface area contributed by atoms with Crippen molar-refractivity contribution in [3.63, 3.8) is 0 Å². The van der Waals surface area contributed by atoms with Crippen molar-refractivity contribution in [2.45, 2.75) is 46.1 Å². The minimum Gasteiger partial charge on any atom is -0.469 e. The summed E-state index contributed by atoms with van der Waals surface area (Å²) in [7, 11) is 0. The van der Waals surface area contributed by atoms with Gasteiger partial charge in [0.05, 0.1) is 18.4 Å². The van der Waals surface area contributed by atoms with Gasteiger partial charge in [0, 0.05) is 19.6 Å². The average Bonchev–Trinajstić information content (AvgIpc) is 3.02. The van der Waals surface area contributed by atoms with Crippen LogP contribution in [-0.2, 0) is 9.53 Å². The highest BCUT2D eigenvalue weighted by Gasteiger charge is 2.24. The van der Waals surface area contributed by atoms with Gasteiger partial charge in [-0.05, 0) is 52.5 Å². The van der Waals surface area contributed by atoms with Gasteiger partial charge in [-0.15, -0.1) is 0 Å². The Morgan fingerprint density at radius 2 is 1.89 bits per heavy atom. The molecule has 1 aliphatic heterocycles. The molecular formula is C19H29N3O5. The third kappa shape index (κ3) is 6.62. The summed E-state index contributed by atoms with van der Waals surface area (Å²) in [5.74, 6) is 0.414. The van der Waals surface area contributed by atoms with Crippen molar-refractivity contribution in [1.29, 1.82) is 0 Å². The summed E-state index contributed by atoms with van der Waals surface area (Å²) < 4.78 is 10.3. The Hall–Kier alpha value is -2.51. The van der Waals surface area contributed by atoms with E-state index in [2.05, 4.69) is 10.6 Å². The molecule has 1 aliphatic rings. The van der Waals surface area contributed by atoms with E-state index in [1.54, 1.807) is 17.9 Å². The molecule has 27 heavy (non-hydrogen) atoms. The summed E-state index contributed by atoms with van der Waals surface area (Å²) in [5, 5.41) is 5.42. The van der Waals surface area contributed by atoms with Crippen LogP contribution >= 0.6 is 0 Å². The standard InChI is InChI=1S/C19H29N3O5/c1-13-15(7-10-26-13)17(24)20-12-16(23)22-8-5-14(6-9-22)11-21-18(25)27-19(2,3)4/h7,10,14H,5-6,8-9,11-12H2,1-4H3,(H,20,24)(H,21,25). The third-order valence-electron chi connectivity index (χ3n) is 4.40. The van der Waals surface area contributed by atoms with Crippen molar-refractivity contribution < 1.29 is 23.5 Å². The first-order valence-electron chi connectivity index (χ1n) is 9.22. The summed E-state index contributed by atoms with van der Waals surface area (Å²) in [6.07, 6.45) is 2.63. The van der Waals surface area contributed by atoms with Crippen molar-refractivity contribution in [3.8, 4) is 0 Å². The molecule has 8 nitrogen and oxygen atoms in total. The van der Waals surface area contributed by atoms with Crippen LogP contribution in [0.4, 0.5) is 4.79 Å². The lowest BCUT2D eigenvalue weighted by Crippen LogP contribution is -2.45. The maximum atomic E-state index is 12.3. The van der Waals surface area contributed by atoms with Gasteiger partial charge < -0.3 is 24.7 Å².